The molecule has 0 bridgehead atoms. The van der Waals surface area contributed by atoms with Gasteiger partial charge in [0.15, 0.2) is 11.5 Å². The van der Waals surface area contributed by atoms with Crippen molar-refractivity contribution in [2.24, 2.45) is 5.73 Å². The Morgan fingerprint density at radius 3 is 2.61 bits per heavy atom. The molecule has 1 aliphatic heterocycles. The summed E-state index contributed by atoms with van der Waals surface area (Å²) in [4.78, 5) is 13.6. The Balaban J connectivity index is 2.09. The molecule has 1 unspecified atom stereocenters. The van der Waals surface area contributed by atoms with Crippen molar-refractivity contribution in [2.75, 3.05) is 26.3 Å². The molecule has 2 atom stereocenters. The molecule has 1 aromatic carbocycles. The second-order valence-corrected chi connectivity index (χ2v) is 5.68. The van der Waals surface area contributed by atoms with E-state index in [0.717, 1.165) is 23.6 Å². The molecule has 1 heterocycles. The van der Waals surface area contributed by atoms with Gasteiger partial charge >= 0.3 is 0 Å². The number of nitrogens with two attached hydrogens (primary N) is 1. The van der Waals surface area contributed by atoms with Crippen LogP contribution in [0.15, 0.2) is 18.2 Å². The predicted molar refractivity (Wildman–Crippen MR) is 87.6 cm³/mol. The predicted octanol–water partition coefficient (Wildman–Crippen LogP) is 1.56. The van der Waals surface area contributed by atoms with Crippen LogP contribution in [0.3, 0.4) is 0 Å². The van der Waals surface area contributed by atoms with Gasteiger partial charge in [0, 0.05) is 19.6 Å². The van der Waals surface area contributed by atoms with Gasteiger partial charge in [0.2, 0.25) is 5.91 Å². The van der Waals surface area contributed by atoms with Gasteiger partial charge in [-0.25, -0.2) is 0 Å². The zero-order valence-corrected chi connectivity index (χ0v) is 14.1. The standard InChI is InChI=1S/C17H26N2O4/c1-4-21-14-7-6-13(8-15(14)22-5-2)10-19-9-12(3)23-16(11-19)17(18)20/h6-8,12,16H,4-5,9-11H2,1-3H3,(H2,18,20)/t12-,16?/m1/s1. The fourth-order valence-corrected chi connectivity index (χ4v) is 2.78. The second-order valence-electron chi connectivity index (χ2n) is 5.68. The largest absolute Gasteiger partial charge is 0.490 e. The van der Waals surface area contributed by atoms with Crippen LogP contribution in [0.5, 0.6) is 11.5 Å². The smallest absolute Gasteiger partial charge is 0.247 e. The first-order valence-electron chi connectivity index (χ1n) is 8.09. The molecular weight excluding hydrogens is 296 g/mol. The minimum absolute atomic E-state index is 0.0182. The van der Waals surface area contributed by atoms with E-state index in [1.165, 1.54) is 0 Å². The number of carbonyl (C=O) groups excluding carboxylic acids is 1. The summed E-state index contributed by atoms with van der Waals surface area (Å²) in [6.45, 7) is 9.02. The van der Waals surface area contributed by atoms with Gasteiger partial charge in [-0.3, -0.25) is 9.69 Å². The lowest BCUT2D eigenvalue weighted by molar-refractivity contribution is -0.142. The Morgan fingerprint density at radius 1 is 1.26 bits per heavy atom. The number of morpholine rings is 1. The topological polar surface area (TPSA) is 74.0 Å². The van der Waals surface area contributed by atoms with E-state index in [2.05, 4.69) is 4.90 Å². The van der Waals surface area contributed by atoms with Crippen LogP contribution in [-0.4, -0.2) is 49.3 Å². The number of primary amides is 1. The molecule has 23 heavy (non-hydrogen) atoms. The van der Waals surface area contributed by atoms with Crippen LogP contribution in [0.4, 0.5) is 0 Å². The molecule has 1 amide bonds. The number of amides is 1. The average molecular weight is 322 g/mol. The lowest BCUT2D eigenvalue weighted by atomic mass is 10.1. The summed E-state index contributed by atoms with van der Waals surface area (Å²) < 4.78 is 16.8. The molecule has 6 nitrogen and oxygen atoms in total. The molecule has 0 aliphatic carbocycles. The van der Waals surface area contributed by atoms with E-state index in [0.29, 0.717) is 26.3 Å². The second kappa shape index (κ2) is 8.17. The number of ether oxygens (including phenoxy) is 3. The summed E-state index contributed by atoms with van der Waals surface area (Å²) in [7, 11) is 0. The lowest BCUT2D eigenvalue weighted by Crippen LogP contribution is -2.51. The van der Waals surface area contributed by atoms with E-state index in [-0.39, 0.29) is 6.10 Å². The van der Waals surface area contributed by atoms with E-state index < -0.39 is 12.0 Å². The molecule has 2 rings (SSSR count). The number of hydrogen-bond acceptors (Lipinski definition) is 5. The van der Waals surface area contributed by atoms with Crippen LogP contribution in [0.2, 0.25) is 0 Å². The van der Waals surface area contributed by atoms with Gasteiger partial charge in [-0.05, 0) is 38.5 Å². The van der Waals surface area contributed by atoms with Gasteiger partial charge in [-0.15, -0.1) is 0 Å². The first-order chi connectivity index (χ1) is 11.0. The molecule has 1 aliphatic rings. The third kappa shape index (κ3) is 4.84. The highest BCUT2D eigenvalue weighted by Crippen LogP contribution is 2.29. The monoisotopic (exact) mass is 322 g/mol. The molecule has 1 fully saturated rings. The maximum atomic E-state index is 11.4. The lowest BCUT2D eigenvalue weighted by Gasteiger charge is -2.35. The minimum atomic E-state index is -0.548. The quantitative estimate of drug-likeness (QED) is 0.824. The summed E-state index contributed by atoms with van der Waals surface area (Å²) in [5.74, 6) is 1.09. The summed E-state index contributed by atoms with van der Waals surface area (Å²) in [5, 5.41) is 0. The maximum Gasteiger partial charge on any atom is 0.247 e. The first-order valence-corrected chi connectivity index (χ1v) is 8.09. The van der Waals surface area contributed by atoms with E-state index in [4.69, 9.17) is 19.9 Å². The zero-order valence-electron chi connectivity index (χ0n) is 14.1. The van der Waals surface area contributed by atoms with Gasteiger partial charge in [-0.1, -0.05) is 6.07 Å². The van der Waals surface area contributed by atoms with Crippen molar-refractivity contribution < 1.29 is 19.0 Å². The number of rotatable bonds is 7. The maximum absolute atomic E-state index is 11.4. The minimum Gasteiger partial charge on any atom is -0.490 e. The average Bonchev–Trinajstić information content (AvgIpc) is 2.49. The van der Waals surface area contributed by atoms with Crippen molar-refractivity contribution in [2.45, 2.75) is 39.5 Å². The van der Waals surface area contributed by atoms with E-state index in [1.54, 1.807) is 0 Å². The number of carbonyl (C=O) groups is 1. The van der Waals surface area contributed by atoms with Crippen molar-refractivity contribution in [1.29, 1.82) is 0 Å². The molecule has 1 saturated heterocycles. The molecular formula is C17H26N2O4. The third-order valence-corrected chi connectivity index (χ3v) is 3.67. The van der Waals surface area contributed by atoms with E-state index >= 15 is 0 Å². The highest BCUT2D eigenvalue weighted by atomic mass is 16.5. The molecule has 2 N–H and O–H groups in total. The number of benzene rings is 1. The van der Waals surface area contributed by atoms with Crippen LogP contribution in [0.25, 0.3) is 0 Å². The van der Waals surface area contributed by atoms with Gasteiger partial charge in [0.1, 0.15) is 6.10 Å². The summed E-state index contributed by atoms with van der Waals surface area (Å²) in [6.07, 6.45) is -0.567. The van der Waals surface area contributed by atoms with Gasteiger partial charge in [0.05, 0.1) is 19.3 Å². The Kier molecular flexibility index (Phi) is 6.24. The summed E-state index contributed by atoms with van der Waals surface area (Å²) in [5.41, 5.74) is 6.48. The Bertz CT molecular complexity index is 535. The third-order valence-electron chi connectivity index (χ3n) is 3.67. The summed E-state index contributed by atoms with van der Waals surface area (Å²) in [6, 6.07) is 5.94. The van der Waals surface area contributed by atoms with Crippen LogP contribution in [0, 0.1) is 0 Å². The van der Waals surface area contributed by atoms with Crippen LogP contribution >= 0.6 is 0 Å². The van der Waals surface area contributed by atoms with Crippen LogP contribution in [0.1, 0.15) is 26.3 Å². The van der Waals surface area contributed by atoms with Crippen molar-refractivity contribution in [1.82, 2.24) is 4.90 Å². The molecule has 6 heteroatoms. The number of nitrogens with zero attached hydrogens (tertiary/aromatic N) is 1. The molecule has 0 radical (unpaired) electrons. The van der Waals surface area contributed by atoms with E-state index in [1.807, 2.05) is 39.0 Å². The molecule has 0 saturated carbocycles. The summed E-state index contributed by atoms with van der Waals surface area (Å²) >= 11 is 0. The first kappa shape index (κ1) is 17.6. The highest BCUT2D eigenvalue weighted by molar-refractivity contribution is 5.79. The van der Waals surface area contributed by atoms with E-state index in [9.17, 15) is 4.79 Å². The van der Waals surface area contributed by atoms with Gasteiger partial charge < -0.3 is 19.9 Å². The van der Waals surface area contributed by atoms with Crippen LogP contribution < -0.4 is 15.2 Å². The fourth-order valence-electron chi connectivity index (χ4n) is 2.78. The van der Waals surface area contributed by atoms with Crippen molar-refractivity contribution in [3.63, 3.8) is 0 Å². The van der Waals surface area contributed by atoms with Gasteiger partial charge in [0.25, 0.3) is 0 Å². The normalized spacial score (nSPS) is 21.9. The molecule has 0 aromatic heterocycles. The zero-order chi connectivity index (χ0) is 16.8. The Morgan fingerprint density at radius 2 is 1.96 bits per heavy atom. The number of hydrogen-bond donors (Lipinski definition) is 1. The Labute approximate surface area is 137 Å². The van der Waals surface area contributed by atoms with Crippen molar-refractivity contribution in [3.8, 4) is 11.5 Å². The highest BCUT2D eigenvalue weighted by Gasteiger charge is 2.28. The van der Waals surface area contributed by atoms with Crippen molar-refractivity contribution in [3.05, 3.63) is 23.8 Å². The molecule has 1 aromatic rings. The molecule has 0 spiro atoms. The Hall–Kier alpha value is -1.79. The SMILES string of the molecule is CCOc1ccc(CN2CC(C(N)=O)O[C@H](C)C2)cc1OCC. The van der Waals surface area contributed by atoms with Crippen LogP contribution in [-0.2, 0) is 16.1 Å². The fraction of sp³-hybridized carbons (Fsp3) is 0.588. The van der Waals surface area contributed by atoms with Crippen molar-refractivity contribution >= 4 is 5.91 Å². The van der Waals surface area contributed by atoms with Gasteiger partial charge in [-0.2, -0.15) is 0 Å². The molecule has 128 valence electrons.